The Hall–Kier alpha value is -4.71. The van der Waals surface area contributed by atoms with Crippen molar-refractivity contribution >= 4 is 22.8 Å². The second-order valence-electron chi connectivity index (χ2n) is 11.7. The first-order chi connectivity index (χ1) is 22.2. The molecule has 2 heterocycles. The molecule has 244 valence electrons. The quantitative estimate of drug-likeness (QED) is 0.208. The lowest BCUT2D eigenvalue weighted by molar-refractivity contribution is -0.126. The molecule has 0 aliphatic heterocycles. The zero-order valence-corrected chi connectivity index (χ0v) is 26.9. The van der Waals surface area contributed by atoms with Gasteiger partial charge in [0.05, 0.1) is 31.2 Å². The van der Waals surface area contributed by atoms with Crippen LogP contribution in [0.3, 0.4) is 0 Å². The third-order valence-corrected chi connectivity index (χ3v) is 8.34. The highest BCUT2D eigenvalue weighted by Crippen LogP contribution is 2.38. The number of fused-ring (bicyclic) bond motifs is 1. The van der Waals surface area contributed by atoms with Gasteiger partial charge in [-0.1, -0.05) is 18.9 Å². The summed E-state index contributed by atoms with van der Waals surface area (Å²) in [6.07, 6.45) is 7.41. The van der Waals surface area contributed by atoms with Gasteiger partial charge in [-0.3, -0.25) is 19.1 Å². The van der Waals surface area contributed by atoms with Gasteiger partial charge in [0.15, 0.2) is 23.1 Å². The molecule has 2 N–H and O–H groups in total. The summed E-state index contributed by atoms with van der Waals surface area (Å²) in [6.45, 7) is 1.52. The van der Waals surface area contributed by atoms with Gasteiger partial charge in [0.25, 0.3) is 5.56 Å². The lowest BCUT2D eigenvalue weighted by Gasteiger charge is -2.32. The maximum atomic E-state index is 15.4. The van der Waals surface area contributed by atoms with Gasteiger partial charge in [-0.05, 0) is 69.7 Å². The van der Waals surface area contributed by atoms with Gasteiger partial charge in [-0.2, -0.15) is 0 Å². The van der Waals surface area contributed by atoms with Gasteiger partial charge < -0.3 is 29.7 Å². The number of pyridine rings is 1. The van der Waals surface area contributed by atoms with E-state index in [1.54, 1.807) is 37.5 Å². The number of benzene rings is 2. The maximum Gasteiger partial charge on any atom is 0.262 e. The van der Waals surface area contributed by atoms with Gasteiger partial charge in [-0.25, -0.2) is 9.37 Å². The number of carbonyl (C=O) groups excluding carboxylic acids is 1. The molecule has 0 radical (unpaired) electrons. The average molecular weight is 633 g/mol. The van der Waals surface area contributed by atoms with Crippen molar-refractivity contribution in [3.8, 4) is 34.1 Å². The molecule has 1 aliphatic carbocycles. The summed E-state index contributed by atoms with van der Waals surface area (Å²) >= 11 is 0. The van der Waals surface area contributed by atoms with E-state index in [-0.39, 0.29) is 34.7 Å². The minimum Gasteiger partial charge on any atom is -0.493 e. The van der Waals surface area contributed by atoms with E-state index in [0.717, 1.165) is 38.6 Å². The Kier molecular flexibility index (Phi) is 10.4. The number of hydrogen-bond acceptors (Lipinski definition) is 9. The fourth-order valence-corrected chi connectivity index (χ4v) is 5.80. The number of anilines is 1. The molecule has 2 aromatic heterocycles. The number of ether oxygens (including phenoxy) is 3. The molecule has 12 heteroatoms. The van der Waals surface area contributed by atoms with Gasteiger partial charge in [0, 0.05) is 43.5 Å². The van der Waals surface area contributed by atoms with E-state index in [4.69, 9.17) is 14.2 Å². The third-order valence-electron chi connectivity index (χ3n) is 8.34. The van der Waals surface area contributed by atoms with Crippen molar-refractivity contribution in [2.75, 3.05) is 46.7 Å². The Balaban J connectivity index is 1.32. The van der Waals surface area contributed by atoms with E-state index in [9.17, 15) is 9.59 Å². The van der Waals surface area contributed by atoms with Crippen LogP contribution in [-0.2, 0) is 11.8 Å². The summed E-state index contributed by atoms with van der Waals surface area (Å²) in [5.74, 6) is 0.897. The average Bonchev–Trinajstić information content (AvgIpc) is 3.05. The van der Waals surface area contributed by atoms with E-state index in [1.165, 1.54) is 37.1 Å². The minimum absolute atomic E-state index is 0.0163. The number of hydrogen-bond donors (Lipinski definition) is 2. The van der Waals surface area contributed by atoms with E-state index in [1.807, 2.05) is 14.1 Å². The highest BCUT2D eigenvalue weighted by Gasteiger charge is 2.31. The summed E-state index contributed by atoms with van der Waals surface area (Å²) in [7, 11) is 8.70. The van der Waals surface area contributed by atoms with Crippen molar-refractivity contribution in [3.05, 3.63) is 65.0 Å². The molecule has 11 nitrogen and oxygen atoms in total. The van der Waals surface area contributed by atoms with Crippen molar-refractivity contribution in [1.82, 2.24) is 24.8 Å². The van der Waals surface area contributed by atoms with Gasteiger partial charge in [0.1, 0.15) is 5.75 Å². The van der Waals surface area contributed by atoms with Crippen molar-refractivity contribution < 1.29 is 23.4 Å². The van der Waals surface area contributed by atoms with Crippen LogP contribution in [-0.4, -0.2) is 72.8 Å². The second kappa shape index (κ2) is 14.6. The lowest BCUT2D eigenvalue weighted by Crippen LogP contribution is -2.44. The zero-order valence-electron chi connectivity index (χ0n) is 26.9. The van der Waals surface area contributed by atoms with Crippen molar-refractivity contribution in [1.29, 1.82) is 0 Å². The summed E-state index contributed by atoms with van der Waals surface area (Å²) in [4.78, 5) is 37.4. The molecule has 1 amide bonds. The molecule has 0 bridgehead atoms. The first kappa shape index (κ1) is 32.7. The molecule has 2 atom stereocenters. The molecule has 46 heavy (non-hydrogen) atoms. The molecule has 4 aromatic rings. The Morgan fingerprint density at radius 2 is 1.78 bits per heavy atom. The first-order valence-corrected chi connectivity index (χ1v) is 15.4. The van der Waals surface area contributed by atoms with Crippen LogP contribution in [0.1, 0.15) is 32.1 Å². The van der Waals surface area contributed by atoms with Gasteiger partial charge >= 0.3 is 0 Å². The predicted octanol–water partition coefficient (Wildman–Crippen LogP) is 4.98. The highest BCUT2D eigenvalue weighted by atomic mass is 19.1. The van der Waals surface area contributed by atoms with Crippen LogP contribution in [0.2, 0.25) is 0 Å². The van der Waals surface area contributed by atoms with E-state index in [0.29, 0.717) is 46.2 Å². The molecular weight excluding hydrogens is 591 g/mol. The standard InChI is InChI=1S/C34H41FN6O5/c1-40(2)16-8-14-37-32(42)22-9-6-7-10-26(22)39-34-38-20-24(33(43)41(34)3)21-11-12-29(25(35)17-21)46-28-13-15-36-27-19-31(45-5)30(44-4)18-23(27)28/h11-13,15,17-20,22,26H,6-10,14,16H2,1-5H3,(H,37,42)(H,38,39)/t22-,26+/m0/s1. The lowest BCUT2D eigenvalue weighted by atomic mass is 9.84. The second-order valence-corrected chi connectivity index (χ2v) is 11.7. The Bertz CT molecular complexity index is 1760. The van der Waals surface area contributed by atoms with Gasteiger partial charge in [0.2, 0.25) is 11.9 Å². The van der Waals surface area contributed by atoms with E-state index in [2.05, 4.69) is 25.5 Å². The predicted molar refractivity (Wildman–Crippen MR) is 175 cm³/mol. The molecule has 5 rings (SSSR count). The number of nitrogens with one attached hydrogen (secondary N) is 2. The largest absolute Gasteiger partial charge is 0.493 e. The summed E-state index contributed by atoms with van der Waals surface area (Å²) in [5.41, 5.74) is 0.856. The molecule has 2 aromatic carbocycles. The van der Waals surface area contributed by atoms with Crippen molar-refractivity contribution in [2.45, 2.75) is 38.1 Å². The molecule has 0 spiro atoms. The maximum absolute atomic E-state index is 15.4. The molecule has 1 saturated carbocycles. The van der Waals surface area contributed by atoms with Crippen LogP contribution in [0.15, 0.2) is 53.6 Å². The SMILES string of the molecule is COc1cc2nccc(Oc3ccc(-c4cnc(N[C@@H]5CCCC[C@@H]5C(=O)NCCCN(C)C)n(C)c4=O)cc3F)c2cc1OC. The fraction of sp³-hybridized carbons (Fsp3) is 0.412. The van der Waals surface area contributed by atoms with Crippen LogP contribution >= 0.6 is 0 Å². The van der Waals surface area contributed by atoms with E-state index < -0.39 is 5.82 Å². The van der Waals surface area contributed by atoms with Crippen LogP contribution in [0.5, 0.6) is 23.0 Å². The Morgan fingerprint density at radius 3 is 2.52 bits per heavy atom. The number of amides is 1. The topological polar surface area (TPSA) is 120 Å². The molecule has 1 fully saturated rings. The minimum atomic E-state index is -0.645. The van der Waals surface area contributed by atoms with Crippen LogP contribution < -0.4 is 30.4 Å². The smallest absolute Gasteiger partial charge is 0.262 e. The van der Waals surface area contributed by atoms with Crippen molar-refractivity contribution in [2.24, 2.45) is 13.0 Å². The number of aromatic nitrogens is 3. The molecule has 1 aliphatic rings. The molecular formula is C34H41FN6O5. The fourth-order valence-electron chi connectivity index (χ4n) is 5.80. The zero-order chi connectivity index (χ0) is 32.8. The number of rotatable bonds is 12. The number of nitrogens with zero attached hydrogens (tertiary/aromatic N) is 4. The van der Waals surface area contributed by atoms with Crippen molar-refractivity contribution in [3.63, 3.8) is 0 Å². The number of methoxy groups -OCH3 is 2. The van der Waals surface area contributed by atoms with E-state index >= 15 is 4.39 Å². The summed E-state index contributed by atoms with van der Waals surface area (Å²) in [6, 6.07) is 9.29. The number of carbonyl (C=O) groups is 1. The summed E-state index contributed by atoms with van der Waals surface area (Å²) < 4.78 is 33.5. The summed E-state index contributed by atoms with van der Waals surface area (Å²) in [5, 5.41) is 7.04. The normalized spacial score (nSPS) is 16.3. The van der Waals surface area contributed by atoms with Gasteiger partial charge in [-0.15, -0.1) is 0 Å². The molecule has 0 unspecified atom stereocenters. The first-order valence-electron chi connectivity index (χ1n) is 15.4. The highest BCUT2D eigenvalue weighted by molar-refractivity contribution is 5.88. The Labute approximate surface area is 267 Å². The third kappa shape index (κ3) is 7.23. The molecule has 0 saturated heterocycles. The Morgan fingerprint density at radius 1 is 1.02 bits per heavy atom. The van der Waals surface area contributed by atoms with Crippen LogP contribution in [0, 0.1) is 11.7 Å². The van der Waals surface area contributed by atoms with Crippen LogP contribution in [0.25, 0.3) is 22.0 Å². The monoisotopic (exact) mass is 632 g/mol. The van der Waals surface area contributed by atoms with Crippen LogP contribution in [0.4, 0.5) is 10.3 Å². The number of halogens is 1.